The maximum Gasteiger partial charge on any atom is -0.0184 e. The molecular weight excluding hydrogens is 372 g/mol. The summed E-state index contributed by atoms with van der Waals surface area (Å²) in [5, 5.41) is 0. The fourth-order valence-corrected chi connectivity index (χ4v) is 2.13. The van der Waals surface area contributed by atoms with Crippen molar-refractivity contribution in [2.75, 3.05) is 0 Å². The van der Waals surface area contributed by atoms with Gasteiger partial charge in [0, 0.05) is 0 Å². The van der Waals surface area contributed by atoms with E-state index in [9.17, 15) is 0 Å². The van der Waals surface area contributed by atoms with Gasteiger partial charge in [0.2, 0.25) is 0 Å². The monoisotopic (exact) mass is 426 g/mol. The van der Waals surface area contributed by atoms with Gasteiger partial charge >= 0.3 is 0 Å². The van der Waals surface area contributed by atoms with Gasteiger partial charge in [-0.05, 0) is 38.8 Å². The standard InChI is InChI=1S/C14H14.C8H10.3C2H6.3CH4/c1-11-3-7-13(8-4-11)14-9-5-12(2)6-10-14;1-7-3-5-8(2)6-4-7;3*1-2;;;/h3-10H,1-2H3;3-6H,1-2H3;3*1-2H3;3*1H4. The van der Waals surface area contributed by atoms with Crippen LogP contribution in [0.4, 0.5) is 0 Å². The van der Waals surface area contributed by atoms with E-state index in [0.717, 1.165) is 0 Å². The molecule has 0 aliphatic rings. The Labute approximate surface area is 197 Å². The second-order valence-corrected chi connectivity index (χ2v) is 5.89. The predicted octanol–water partition coefficient (Wildman–Crippen LogP) is 11.3. The number of hydrogen-bond acceptors (Lipinski definition) is 0. The topological polar surface area (TPSA) is 0 Å². The third-order valence-electron chi connectivity index (χ3n) is 3.65. The zero-order chi connectivity index (χ0) is 21.9. The third kappa shape index (κ3) is 18.2. The van der Waals surface area contributed by atoms with Crippen LogP contribution in [-0.2, 0) is 0 Å². The van der Waals surface area contributed by atoms with Gasteiger partial charge in [0.25, 0.3) is 0 Å². The van der Waals surface area contributed by atoms with E-state index in [1.165, 1.54) is 33.4 Å². The minimum absolute atomic E-state index is 0. The summed E-state index contributed by atoms with van der Waals surface area (Å²) in [4.78, 5) is 0. The summed E-state index contributed by atoms with van der Waals surface area (Å²) >= 11 is 0. The van der Waals surface area contributed by atoms with Crippen LogP contribution in [0, 0.1) is 27.7 Å². The van der Waals surface area contributed by atoms with Crippen molar-refractivity contribution in [2.45, 2.75) is 91.5 Å². The van der Waals surface area contributed by atoms with Gasteiger partial charge in [-0.1, -0.05) is 159 Å². The Morgan fingerprint density at radius 2 is 0.419 bits per heavy atom. The first-order valence-electron chi connectivity index (χ1n) is 10.7. The largest absolute Gasteiger partial charge is 0.0776 e. The van der Waals surface area contributed by atoms with Crippen molar-refractivity contribution >= 4 is 0 Å². The molecule has 0 bridgehead atoms. The Bertz CT molecular complexity index is 622. The number of benzene rings is 3. The van der Waals surface area contributed by atoms with E-state index in [-0.39, 0.29) is 22.3 Å². The summed E-state index contributed by atoms with van der Waals surface area (Å²) in [6, 6.07) is 25.7. The summed E-state index contributed by atoms with van der Waals surface area (Å²) in [6.45, 7) is 20.4. The number of rotatable bonds is 1. The molecular formula is C31H54. The number of aryl methyl sites for hydroxylation is 4. The smallest absolute Gasteiger partial charge is 0.0184 e. The zero-order valence-corrected chi connectivity index (χ0v) is 19.9. The molecule has 3 aromatic carbocycles. The molecule has 0 fully saturated rings. The van der Waals surface area contributed by atoms with Crippen molar-refractivity contribution in [3.63, 3.8) is 0 Å². The molecule has 0 N–H and O–H groups in total. The molecule has 0 aliphatic carbocycles. The fourth-order valence-electron chi connectivity index (χ4n) is 2.13. The van der Waals surface area contributed by atoms with Crippen LogP contribution in [0.3, 0.4) is 0 Å². The maximum absolute atomic E-state index is 2.17. The Kier molecular flexibility index (Phi) is 32.5. The lowest BCUT2D eigenvalue weighted by Crippen LogP contribution is -1.78. The molecule has 0 radical (unpaired) electrons. The lowest BCUT2D eigenvalue weighted by molar-refractivity contribution is 1.40. The average Bonchev–Trinajstić information content (AvgIpc) is 2.76. The molecule has 0 saturated heterocycles. The van der Waals surface area contributed by atoms with Crippen molar-refractivity contribution in [3.8, 4) is 11.1 Å². The third-order valence-corrected chi connectivity index (χ3v) is 3.65. The molecule has 0 heteroatoms. The van der Waals surface area contributed by atoms with E-state index >= 15 is 0 Å². The summed E-state index contributed by atoms with van der Waals surface area (Å²) in [7, 11) is 0. The van der Waals surface area contributed by atoms with Crippen LogP contribution in [0.25, 0.3) is 11.1 Å². The van der Waals surface area contributed by atoms with Crippen molar-refractivity contribution in [3.05, 3.63) is 95.1 Å². The summed E-state index contributed by atoms with van der Waals surface area (Å²) in [5.74, 6) is 0. The molecule has 0 atom stereocenters. The molecule has 0 aliphatic heterocycles. The van der Waals surface area contributed by atoms with Gasteiger partial charge in [0.05, 0.1) is 0 Å². The van der Waals surface area contributed by atoms with Gasteiger partial charge in [0.15, 0.2) is 0 Å². The molecule has 3 rings (SSSR count). The first-order chi connectivity index (χ1) is 13.5. The van der Waals surface area contributed by atoms with E-state index < -0.39 is 0 Å². The molecule has 0 saturated carbocycles. The van der Waals surface area contributed by atoms with Crippen LogP contribution in [0.1, 0.15) is 86.1 Å². The van der Waals surface area contributed by atoms with E-state index in [1.54, 1.807) is 0 Å². The second-order valence-electron chi connectivity index (χ2n) is 5.89. The van der Waals surface area contributed by atoms with Crippen LogP contribution in [0.5, 0.6) is 0 Å². The van der Waals surface area contributed by atoms with Crippen molar-refractivity contribution < 1.29 is 0 Å². The first kappa shape index (κ1) is 39.2. The molecule has 0 spiro atoms. The van der Waals surface area contributed by atoms with Crippen LogP contribution in [0.15, 0.2) is 72.8 Å². The summed E-state index contributed by atoms with van der Waals surface area (Å²) < 4.78 is 0. The van der Waals surface area contributed by atoms with Gasteiger partial charge in [0.1, 0.15) is 0 Å². The highest BCUT2D eigenvalue weighted by Crippen LogP contribution is 2.19. The van der Waals surface area contributed by atoms with Crippen LogP contribution in [0.2, 0.25) is 0 Å². The van der Waals surface area contributed by atoms with E-state index in [1.807, 2.05) is 41.5 Å². The SMILES string of the molecule is C.C.C.CC.CC.CC.Cc1ccc(-c2ccc(C)cc2)cc1.Cc1ccc(C)cc1. The highest BCUT2D eigenvalue weighted by atomic mass is 14.0. The molecule has 0 nitrogen and oxygen atoms in total. The van der Waals surface area contributed by atoms with Gasteiger partial charge in [-0.2, -0.15) is 0 Å². The van der Waals surface area contributed by atoms with Gasteiger partial charge in [-0.25, -0.2) is 0 Å². The van der Waals surface area contributed by atoms with Gasteiger partial charge in [-0.15, -0.1) is 0 Å². The fraction of sp³-hybridized carbons (Fsp3) is 0.419. The first-order valence-corrected chi connectivity index (χ1v) is 10.7. The minimum Gasteiger partial charge on any atom is -0.0776 e. The highest BCUT2D eigenvalue weighted by molar-refractivity contribution is 5.63. The summed E-state index contributed by atoms with van der Waals surface area (Å²) in [5.41, 5.74) is 7.85. The second kappa shape index (κ2) is 25.7. The molecule has 0 heterocycles. The van der Waals surface area contributed by atoms with E-state index in [2.05, 4.69) is 100 Å². The Morgan fingerprint density at radius 1 is 0.290 bits per heavy atom. The Hall–Kier alpha value is -2.34. The lowest BCUT2D eigenvalue weighted by atomic mass is 10.0. The number of hydrogen-bond donors (Lipinski definition) is 0. The van der Waals surface area contributed by atoms with Crippen molar-refractivity contribution in [2.24, 2.45) is 0 Å². The average molecular weight is 427 g/mol. The van der Waals surface area contributed by atoms with E-state index in [0.29, 0.717) is 0 Å². The van der Waals surface area contributed by atoms with Gasteiger partial charge < -0.3 is 0 Å². The lowest BCUT2D eigenvalue weighted by Gasteiger charge is -2.02. The Balaban J connectivity index is -0.000000116. The zero-order valence-electron chi connectivity index (χ0n) is 19.9. The Morgan fingerprint density at radius 3 is 0.581 bits per heavy atom. The normalized spacial score (nSPS) is 7.55. The van der Waals surface area contributed by atoms with Crippen LogP contribution in [-0.4, -0.2) is 0 Å². The quantitative estimate of drug-likeness (QED) is 0.363. The maximum atomic E-state index is 2.17. The van der Waals surface area contributed by atoms with Crippen LogP contribution >= 0.6 is 0 Å². The summed E-state index contributed by atoms with van der Waals surface area (Å²) in [6.07, 6.45) is 0. The van der Waals surface area contributed by atoms with Crippen molar-refractivity contribution in [1.29, 1.82) is 0 Å². The van der Waals surface area contributed by atoms with E-state index in [4.69, 9.17) is 0 Å². The van der Waals surface area contributed by atoms with Crippen molar-refractivity contribution in [1.82, 2.24) is 0 Å². The molecule has 0 unspecified atom stereocenters. The molecule has 178 valence electrons. The minimum atomic E-state index is 0. The molecule has 3 aromatic rings. The predicted molar refractivity (Wildman–Crippen MR) is 152 cm³/mol. The molecule has 31 heavy (non-hydrogen) atoms. The van der Waals surface area contributed by atoms with Crippen LogP contribution < -0.4 is 0 Å². The molecule has 0 aromatic heterocycles. The molecule has 0 amide bonds. The highest BCUT2D eigenvalue weighted by Gasteiger charge is 1.95. The van der Waals surface area contributed by atoms with Gasteiger partial charge in [-0.3, -0.25) is 0 Å².